The Morgan fingerprint density at radius 1 is 1.20 bits per heavy atom. The average Bonchev–Trinajstić information content (AvgIpc) is 2.09. The molecule has 88 valence electrons. The van der Waals surface area contributed by atoms with Gasteiger partial charge in [0.2, 0.25) is 0 Å². The van der Waals surface area contributed by atoms with Crippen molar-refractivity contribution in [3.63, 3.8) is 0 Å². The highest BCUT2D eigenvalue weighted by atomic mass is 16.7. The third-order valence-corrected chi connectivity index (χ3v) is 2.91. The number of piperidine rings is 1. The molecule has 0 radical (unpaired) electrons. The first-order valence-corrected chi connectivity index (χ1v) is 5.83. The lowest BCUT2D eigenvalue weighted by atomic mass is 9.97. The monoisotopic (exact) mass is 213 g/mol. The summed E-state index contributed by atoms with van der Waals surface area (Å²) >= 11 is 0. The average molecular weight is 213 g/mol. The molecule has 1 heterocycles. The van der Waals surface area contributed by atoms with Crippen LogP contribution in [0.25, 0.3) is 0 Å². The number of hydrogen-bond donors (Lipinski definition) is 0. The molecule has 3 heteroatoms. The topological polar surface area (TPSA) is 29.5 Å². The fraction of sp³-hybridized carbons (Fsp3) is 0.917. The molecular formula is C12H23NO2. The second-order valence-electron chi connectivity index (χ2n) is 5.62. The molecule has 2 atom stereocenters. The molecule has 0 aromatic heterocycles. The van der Waals surface area contributed by atoms with Crippen LogP contribution in [0.4, 0.5) is 0 Å². The molecule has 1 aliphatic rings. The molecule has 0 aromatic carbocycles. The van der Waals surface area contributed by atoms with Crippen LogP contribution in [-0.4, -0.2) is 23.1 Å². The van der Waals surface area contributed by atoms with Crippen molar-refractivity contribution in [1.82, 2.24) is 5.06 Å². The smallest absolute Gasteiger partial charge is 0.330 e. The molecular weight excluding hydrogens is 190 g/mol. The van der Waals surface area contributed by atoms with Gasteiger partial charge in [-0.05, 0) is 47.5 Å². The van der Waals surface area contributed by atoms with E-state index in [1.54, 1.807) is 0 Å². The first-order valence-electron chi connectivity index (χ1n) is 5.83. The fourth-order valence-electron chi connectivity index (χ4n) is 1.81. The van der Waals surface area contributed by atoms with Crippen LogP contribution in [0, 0.1) is 5.41 Å². The van der Waals surface area contributed by atoms with Crippen LogP contribution >= 0.6 is 0 Å². The number of carbonyl (C=O) groups is 1. The summed E-state index contributed by atoms with van der Waals surface area (Å²) in [7, 11) is 0. The maximum Gasteiger partial charge on any atom is 0.330 e. The van der Waals surface area contributed by atoms with E-state index in [1.165, 1.54) is 6.42 Å². The Bertz CT molecular complexity index is 222. The van der Waals surface area contributed by atoms with Crippen LogP contribution in [-0.2, 0) is 9.63 Å². The molecule has 0 spiro atoms. The van der Waals surface area contributed by atoms with Crippen molar-refractivity contribution in [2.24, 2.45) is 5.41 Å². The van der Waals surface area contributed by atoms with Gasteiger partial charge in [-0.3, -0.25) is 0 Å². The molecule has 1 aliphatic heterocycles. The Morgan fingerprint density at radius 3 is 2.07 bits per heavy atom. The van der Waals surface area contributed by atoms with Gasteiger partial charge in [0.05, 0.1) is 5.41 Å². The van der Waals surface area contributed by atoms with Gasteiger partial charge in [-0.2, -0.15) is 0 Å². The summed E-state index contributed by atoms with van der Waals surface area (Å²) in [5.41, 5.74) is -0.420. The molecule has 0 amide bonds. The van der Waals surface area contributed by atoms with Crippen LogP contribution in [0.1, 0.15) is 53.9 Å². The molecule has 2 unspecified atom stereocenters. The second kappa shape index (κ2) is 4.52. The van der Waals surface area contributed by atoms with E-state index in [0.717, 1.165) is 12.8 Å². The normalized spacial score (nSPS) is 28.9. The molecule has 0 bridgehead atoms. The Hall–Kier alpha value is -0.570. The van der Waals surface area contributed by atoms with E-state index >= 15 is 0 Å². The zero-order valence-electron chi connectivity index (χ0n) is 10.5. The van der Waals surface area contributed by atoms with Gasteiger partial charge in [0, 0.05) is 12.1 Å². The maximum absolute atomic E-state index is 11.8. The molecule has 15 heavy (non-hydrogen) atoms. The third kappa shape index (κ3) is 3.20. The first kappa shape index (κ1) is 12.5. The second-order valence-corrected chi connectivity index (χ2v) is 5.62. The number of hydroxylamine groups is 2. The van der Waals surface area contributed by atoms with E-state index < -0.39 is 5.41 Å². The lowest BCUT2D eigenvalue weighted by molar-refractivity contribution is -0.228. The summed E-state index contributed by atoms with van der Waals surface area (Å²) in [5, 5.41) is 1.87. The highest BCUT2D eigenvalue weighted by Gasteiger charge is 2.32. The summed E-state index contributed by atoms with van der Waals surface area (Å²) in [6.07, 6.45) is 3.45. The first-order chi connectivity index (χ1) is 6.82. The van der Waals surface area contributed by atoms with Crippen molar-refractivity contribution < 1.29 is 9.63 Å². The molecule has 1 saturated heterocycles. The SMILES string of the molecule is CC1CCCC(C)N1OC(=O)C(C)(C)C. The van der Waals surface area contributed by atoms with Gasteiger partial charge >= 0.3 is 5.97 Å². The lowest BCUT2D eigenvalue weighted by Crippen LogP contribution is -2.46. The van der Waals surface area contributed by atoms with Gasteiger partial charge in [0.1, 0.15) is 0 Å². The van der Waals surface area contributed by atoms with Gasteiger partial charge in [-0.15, -0.1) is 5.06 Å². The Labute approximate surface area is 92.7 Å². The van der Waals surface area contributed by atoms with E-state index in [-0.39, 0.29) is 5.97 Å². The molecule has 0 N–H and O–H groups in total. The maximum atomic E-state index is 11.8. The van der Waals surface area contributed by atoms with E-state index in [1.807, 2.05) is 25.8 Å². The van der Waals surface area contributed by atoms with Gasteiger partial charge in [0.15, 0.2) is 0 Å². The van der Waals surface area contributed by atoms with Crippen LogP contribution in [0.15, 0.2) is 0 Å². The van der Waals surface area contributed by atoms with Crippen molar-refractivity contribution in [3.05, 3.63) is 0 Å². The minimum absolute atomic E-state index is 0.136. The lowest BCUT2D eigenvalue weighted by Gasteiger charge is -2.38. The van der Waals surface area contributed by atoms with E-state index in [4.69, 9.17) is 4.84 Å². The van der Waals surface area contributed by atoms with Crippen molar-refractivity contribution in [2.45, 2.75) is 66.0 Å². The highest BCUT2D eigenvalue weighted by molar-refractivity contribution is 5.75. The summed E-state index contributed by atoms with van der Waals surface area (Å²) in [6.45, 7) is 9.88. The number of carbonyl (C=O) groups excluding carboxylic acids is 1. The molecule has 1 fully saturated rings. The largest absolute Gasteiger partial charge is 0.367 e. The molecule has 1 rings (SSSR count). The number of hydrogen-bond acceptors (Lipinski definition) is 3. The quantitative estimate of drug-likeness (QED) is 0.670. The third-order valence-electron chi connectivity index (χ3n) is 2.91. The molecule has 3 nitrogen and oxygen atoms in total. The minimum atomic E-state index is -0.420. The highest BCUT2D eigenvalue weighted by Crippen LogP contribution is 2.25. The summed E-state index contributed by atoms with van der Waals surface area (Å²) in [6, 6.07) is 0.695. The fourth-order valence-corrected chi connectivity index (χ4v) is 1.81. The summed E-state index contributed by atoms with van der Waals surface area (Å²) < 4.78 is 0. The van der Waals surface area contributed by atoms with Crippen molar-refractivity contribution in [1.29, 1.82) is 0 Å². The number of rotatable bonds is 1. The van der Waals surface area contributed by atoms with Gasteiger partial charge in [0.25, 0.3) is 0 Å². The Kier molecular flexibility index (Phi) is 3.77. The zero-order valence-corrected chi connectivity index (χ0v) is 10.5. The van der Waals surface area contributed by atoms with E-state index in [9.17, 15) is 4.79 Å². The van der Waals surface area contributed by atoms with Gasteiger partial charge < -0.3 is 4.84 Å². The zero-order chi connectivity index (χ0) is 11.6. The van der Waals surface area contributed by atoms with Crippen LogP contribution in [0.3, 0.4) is 0 Å². The Balaban J connectivity index is 2.59. The van der Waals surface area contributed by atoms with E-state index in [2.05, 4.69) is 13.8 Å². The molecule has 0 saturated carbocycles. The van der Waals surface area contributed by atoms with Crippen molar-refractivity contribution >= 4 is 5.97 Å². The van der Waals surface area contributed by atoms with Gasteiger partial charge in [-0.25, -0.2) is 4.79 Å². The predicted octanol–water partition coefficient (Wildman–Crippen LogP) is 2.75. The van der Waals surface area contributed by atoms with Crippen LogP contribution in [0.2, 0.25) is 0 Å². The number of nitrogens with zero attached hydrogens (tertiary/aromatic N) is 1. The summed E-state index contributed by atoms with van der Waals surface area (Å²) in [5.74, 6) is -0.136. The van der Waals surface area contributed by atoms with Crippen LogP contribution < -0.4 is 0 Å². The van der Waals surface area contributed by atoms with E-state index in [0.29, 0.717) is 12.1 Å². The molecule has 0 aromatic rings. The predicted molar refractivity (Wildman–Crippen MR) is 60.2 cm³/mol. The summed E-state index contributed by atoms with van der Waals surface area (Å²) in [4.78, 5) is 17.2. The van der Waals surface area contributed by atoms with Gasteiger partial charge in [-0.1, -0.05) is 6.42 Å². The standard InChI is InChI=1S/C12H23NO2/c1-9-7-6-8-10(2)13(9)15-11(14)12(3,4)5/h9-10H,6-8H2,1-5H3. The van der Waals surface area contributed by atoms with Crippen molar-refractivity contribution in [2.75, 3.05) is 0 Å². The van der Waals surface area contributed by atoms with Crippen LogP contribution in [0.5, 0.6) is 0 Å². The minimum Gasteiger partial charge on any atom is -0.367 e. The molecule has 0 aliphatic carbocycles. The Morgan fingerprint density at radius 2 is 1.67 bits per heavy atom. The van der Waals surface area contributed by atoms with Crippen molar-refractivity contribution in [3.8, 4) is 0 Å².